The smallest absolute Gasteiger partial charge is 0.316 e. The van der Waals surface area contributed by atoms with Crippen LogP contribution in [0, 0.1) is 6.92 Å². The van der Waals surface area contributed by atoms with Crippen molar-refractivity contribution in [3.05, 3.63) is 35.4 Å². The molecule has 17 heavy (non-hydrogen) atoms. The summed E-state index contributed by atoms with van der Waals surface area (Å²) in [7, 11) is 0. The molecule has 0 unspecified atom stereocenters. The number of hydrogen-bond acceptors (Lipinski definition) is 1. The molecule has 1 rings (SSSR count). The fraction of sp³-hybridized carbons (Fsp3) is 0.538. The van der Waals surface area contributed by atoms with Crippen molar-refractivity contribution in [1.82, 2.24) is 5.32 Å². The van der Waals surface area contributed by atoms with Crippen LogP contribution in [0.1, 0.15) is 24.0 Å². The molecule has 0 saturated heterocycles. The number of alkyl halides is 3. The Labute approximate surface area is 100 Å². The van der Waals surface area contributed by atoms with Gasteiger partial charge >= 0.3 is 6.18 Å². The Morgan fingerprint density at radius 3 is 2.59 bits per heavy atom. The van der Waals surface area contributed by atoms with Crippen LogP contribution in [0.15, 0.2) is 24.3 Å². The van der Waals surface area contributed by atoms with Gasteiger partial charge in [0, 0.05) is 6.42 Å². The Hall–Kier alpha value is -1.03. The zero-order valence-corrected chi connectivity index (χ0v) is 9.98. The summed E-state index contributed by atoms with van der Waals surface area (Å²) >= 11 is 0. The molecule has 0 fully saturated rings. The summed E-state index contributed by atoms with van der Waals surface area (Å²) in [5, 5.41) is 3.03. The van der Waals surface area contributed by atoms with Gasteiger partial charge < -0.3 is 5.32 Å². The fourth-order valence-electron chi connectivity index (χ4n) is 1.64. The van der Waals surface area contributed by atoms with Crippen LogP contribution in [0.4, 0.5) is 13.2 Å². The van der Waals surface area contributed by atoms with Gasteiger partial charge in [0.1, 0.15) is 0 Å². The lowest BCUT2D eigenvalue weighted by Crippen LogP contribution is -2.20. The van der Waals surface area contributed by atoms with Gasteiger partial charge in [0.2, 0.25) is 0 Å². The standard InChI is InChI=1S/C13H18F3N/c1-11-4-2-5-12(10-11)6-9-17-8-3-7-13(14,15)16/h2,4-5,10,17H,3,6-9H2,1H3. The molecule has 1 aromatic carbocycles. The molecule has 0 bridgehead atoms. The van der Waals surface area contributed by atoms with E-state index in [2.05, 4.69) is 11.4 Å². The summed E-state index contributed by atoms with van der Waals surface area (Å²) in [6, 6.07) is 8.15. The Bertz CT molecular complexity index is 334. The molecule has 1 N–H and O–H groups in total. The molecular weight excluding hydrogens is 227 g/mol. The van der Waals surface area contributed by atoms with Crippen LogP contribution in [-0.4, -0.2) is 19.3 Å². The summed E-state index contributed by atoms with van der Waals surface area (Å²) < 4.78 is 35.5. The van der Waals surface area contributed by atoms with Gasteiger partial charge in [-0.3, -0.25) is 0 Å². The van der Waals surface area contributed by atoms with Crippen LogP contribution in [0.25, 0.3) is 0 Å². The molecule has 0 spiro atoms. The number of nitrogens with one attached hydrogen (secondary N) is 1. The number of hydrogen-bond donors (Lipinski definition) is 1. The quantitative estimate of drug-likeness (QED) is 0.757. The van der Waals surface area contributed by atoms with Gasteiger partial charge in [-0.05, 0) is 38.4 Å². The first-order valence-electron chi connectivity index (χ1n) is 5.80. The highest BCUT2D eigenvalue weighted by atomic mass is 19.4. The molecule has 0 saturated carbocycles. The molecule has 0 amide bonds. The van der Waals surface area contributed by atoms with Gasteiger partial charge in [-0.1, -0.05) is 29.8 Å². The summed E-state index contributed by atoms with van der Waals surface area (Å²) in [5.41, 5.74) is 2.42. The molecule has 0 radical (unpaired) electrons. The number of aryl methyl sites for hydroxylation is 1. The Morgan fingerprint density at radius 2 is 1.94 bits per heavy atom. The predicted octanol–water partition coefficient (Wildman–Crippen LogP) is 3.47. The average Bonchev–Trinajstić information content (AvgIpc) is 2.22. The van der Waals surface area contributed by atoms with Crippen molar-refractivity contribution < 1.29 is 13.2 Å². The minimum atomic E-state index is -4.03. The van der Waals surface area contributed by atoms with Crippen molar-refractivity contribution in [2.45, 2.75) is 32.4 Å². The Balaban J connectivity index is 2.09. The van der Waals surface area contributed by atoms with E-state index in [-0.39, 0.29) is 6.42 Å². The minimum Gasteiger partial charge on any atom is -0.316 e. The topological polar surface area (TPSA) is 12.0 Å². The van der Waals surface area contributed by atoms with E-state index < -0.39 is 12.6 Å². The third kappa shape index (κ3) is 7.00. The lowest BCUT2D eigenvalue weighted by Gasteiger charge is -2.07. The van der Waals surface area contributed by atoms with E-state index in [0.717, 1.165) is 13.0 Å². The molecule has 0 aliphatic rings. The van der Waals surface area contributed by atoms with Crippen LogP contribution < -0.4 is 5.32 Å². The minimum absolute atomic E-state index is 0.150. The highest BCUT2D eigenvalue weighted by molar-refractivity contribution is 5.22. The number of benzene rings is 1. The van der Waals surface area contributed by atoms with Crippen LogP contribution in [0.3, 0.4) is 0 Å². The third-order valence-corrected chi connectivity index (χ3v) is 2.49. The first kappa shape index (κ1) is 14.0. The fourth-order valence-corrected chi connectivity index (χ4v) is 1.64. The van der Waals surface area contributed by atoms with Gasteiger partial charge in [-0.2, -0.15) is 13.2 Å². The number of rotatable bonds is 6. The monoisotopic (exact) mass is 245 g/mol. The lowest BCUT2D eigenvalue weighted by atomic mass is 10.1. The summed E-state index contributed by atoms with van der Waals surface area (Å²) in [5.74, 6) is 0. The Kier molecular flexibility index (Phi) is 5.48. The summed E-state index contributed by atoms with van der Waals surface area (Å²) in [4.78, 5) is 0. The van der Waals surface area contributed by atoms with E-state index >= 15 is 0 Å². The predicted molar refractivity (Wildman–Crippen MR) is 63.0 cm³/mol. The second kappa shape index (κ2) is 6.64. The molecule has 1 aromatic rings. The van der Waals surface area contributed by atoms with E-state index in [9.17, 15) is 13.2 Å². The van der Waals surface area contributed by atoms with E-state index in [0.29, 0.717) is 6.54 Å². The van der Waals surface area contributed by atoms with E-state index in [1.54, 1.807) is 0 Å². The highest BCUT2D eigenvalue weighted by Gasteiger charge is 2.25. The largest absolute Gasteiger partial charge is 0.389 e. The van der Waals surface area contributed by atoms with Gasteiger partial charge in [-0.15, -0.1) is 0 Å². The number of halogens is 3. The van der Waals surface area contributed by atoms with Crippen molar-refractivity contribution in [3.63, 3.8) is 0 Å². The van der Waals surface area contributed by atoms with Crippen molar-refractivity contribution in [2.75, 3.05) is 13.1 Å². The molecule has 0 atom stereocenters. The zero-order valence-electron chi connectivity index (χ0n) is 9.98. The summed E-state index contributed by atoms with van der Waals surface area (Å²) in [6.07, 6.45) is -3.73. The maximum atomic E-state index is 11.8. The highest BCUT2D eigenvalue weighted by Crippen LogP contribution is 2.20. The average molecular weight is 245 g/mol. The van der Waals surface area contributed by atoms with Gasteiger partial charge in [0.15, 0.2) is 0 Å². The molecule has 0 heterocycles. The van der Waals surface area contributed by atoms with Gasteiger partial charge in [-0.25, -0.2) is 0 Å². The molecule has 1 nitrogen and oxygen atoms in total. The maximum absolute atomic E-state index is 11.8. The zero-order chi connectivity index (χ0) is 12.7. The molecular formula is C13H18F3N. The first-order chi connectivity index (χ1) is 7.97. The Morgan fingerprint density at radius 1 is 1.18 bits per heavy atom. The van der Waals surface area contributed by atoms with Crippen molar-refractivity contribution in [3.8, 4) is 0 Å². The molecule has 4 heteroatoms. The SMILES string of the molecule is Cc1cccc(CCNCCCC(F)(F)F)c1. The van der Waals surface area contributed by atoms with Crippen molar-refractivity contribution in [2.24, 2.45) is 0 Å². The van der Waals surface area contributed by atoms with Crippen LogP contribution in [0.2, 0.25) is 0 Å². The van der Waals surface area contributed by atoms with Crippen molar-refractivity contribution in [1.29, 1.82) is 0 Å². The van der Waals surface area contributed by atoms with Crippen molar-refractivity contribution >= 4 is 0 Å². The first-order valence-corrected chi connectivity index (χ1v) is 5.80. The third-order valence-electron chi connectivity index (χ3n) is 2.49. The van der Waals surface area contributed by atoms with E-state index in [4.69, 9.17) is 0 Å². The maximum Gasteiger partial charge on any atom is 0.389 e. The summed E-state index contributed by atoms with van der Waals surface area (Å²) in [6.45, 7) is 3.17. The van der Waals surface area contributed by atoms with Crippen LogP contribution in [-0.2, 0) is 6.42 Å². The van der Waals surface area contributed by atoms with E-state index in [1.807, 2.05) is 25.1 Å². The van der Waals surface area contributed by atoms with E-state index in [1.165, 1.54) is 11.1 Å². The molecule has 96 valence electrons. The van der Waals surface area contributed by atoms with Crippen LogP contribution >= 0.6 is 0 Å². The normalized spacial score (nSPS) is 11.8. The van der Waals surface area contributed by atoms with Gasteiger partial charge in [0.25, 0.3) is 0 Å². The molecule has 0 aliphatic carbocycles. The lowest BCUT2D eigenvalue weighted by molar-refractivity contribution is -0.135. The van der Waals surface area contributed by atoms with Gasteiger partial charge in [0.05, 0.1) is 0 Å². The molecule has 0 aromatic heterocycles. The second-order valence-corrected chi connectivity index (χ2v) is 4.21. The second-order valence-electron chi connectivity index (χ2n) is 4.21. The molecule has 0 aliphatic heterocycles. The van der Waals surface area contributed by atoms with Crippen LogP contribution in [0.5, 0.6) is 0 Å².